The molecule has 1 heterocycles. The van der Waals surface area contributed by atoms with Crippen LogP contribution in [0.4, 0.5) is 0 Å². The van der Waals surface area contributed by atoms with Gasteiger partial charge in [-0.25, -0.2) is 0 Å². The van der Waals surface area contributed by atoms with E-state index < -0.39 is 11.4 Å². The molecule has 0 aliphatic heterocycles. The lowest BCUT2D eigenvalue weighted by Gasteiger charge is -2.13. The van der Waals surface area contributed by atoms with Crippen molar-refractivity contribution in [2.24, 2.45) is 0 Å². The van der Waals surface area contributed by atoms with Gasteiger partial charge in [0.05, 0.1) is 6.07 Å². The quantitative estimate of drug-likeness (QED) is 0.681. The summed E-state index contributed by atoms with van der Waals surface area (Å²) in [4.78, 5) is 13.4. The molecule has 0 saturated carbocycles. The van der Waals surface area contributed by atoms with Crippen molar-refractivity contribution < 1.29 is 9.90 Å². The van der Waals surface area contributed by atoms with E-state index in [2.05, 4.69) is 4.98 Å². The van der Waals surface area contributed by atoms with Gasteiger partial charge in [0, 0.05) is 18.0 Å². The number of hydrogen-bond donors (Lipinski definition) is 2. The average molecular weight is 164 g/mol. The standard InChI is InChI=1S/C8H8N2O2/c1-8(5-9,7(11)12)6-2-3-10-4-6/h2-4,10H,1H3,(H,11,12). The summed E-state index contributed by atoms with van der Waals surface area (Å²) in [6.07, 6.45) is 3.10. The Balaban J connectivity index is 3.15. The highest BCUT2D eigenvalue weighted by atomic mass is 16.4. The van der Waals surface area contributed by atoms with Crippen LogP contribution in [0, 0.1) is 11.3 Å². The first-order valence-corrected chi connectivity index (χ1v) is 3.39. The summed E-state index contributed by atoms with van der Waals surface area (Å²) in [5.74, 6) is -1.13. The van der Waals surface area contributed by atoms with Gasteiger partial charge in [-0.05, 0) is 13.0 Å². The van der Waals surface area contributed by atoms with E-state index in [1.807, 2.05) is 0 Å². The van der Waals surface area contributed by atoms with Crippen LogP contribution in [0.25, 0.3) is 0 Å². The molecule has 0 aliphatic carbocycles. The Morgan fingerprint density at radius 1 is 1.83 bits per heavy atom. The van der Waals surface area contributed by atoms with Crippen LogP contribution in [0.1, 0.15) is 12.5 Å². The molecule has 4 heteroatoms. The van der Waals surface area contributed by atoms with Gasteiger partial charge in [-0.3, -0.25) is 4.79 Å². The van der Waals surface area contributed by atoms with Crippen LogP contribution in [0.2, 0.25) is 0 Å². The van der Waals surface area contributed by atoms with Crippen molar-refractivity contribution in [3.05, 3.63) is 24.0 Å². The third kappa shape index (κ3) is 1.05. The smallest absolute Gasteiger partial charge is 0.328 e. The van der Waals surface area contributed by atoms with E-state index in [0.717, 1.165) is 0 Å². The first kappa shape index (κ1) is 8.34. The molecule has 2 N–H and O–H groups in total. The normalized spacial score (nSPS) is 14.7. The third-order valence-corrected chi connectivity index (χ3v) is 1.83. The molecule has 1 unspecified atom stereocenters. The van der Waals surface area contributed by atoms with E-state index in [1.54, 1.807) is 18.3 Å². The van der Waals surface area contributed by atoms with Gasteiger partial charge in [0.15, 0.2) is 5.41 Å². The molecule has 0 saturated heterocycles. The molecular formula is C8H8N2O2. The first-order chi connectivity index (χ1) is 5.61. The van der Waals surface area contributed by atoms with Crippen LogP contribution in [0.5, 0.6) is 0 Å². The van der Waals surface area contributed by atoms with E-state index in [4.69, 9.17) is 10.4 Å². The zero-order valence-electron chi connectivity index (χ0n) is 6.53. The van der Waals surface area contributed by atoms with Crippen molar-refractivity contribution >= 4 is 5.97 Å². The highest BCUT2D eigenvalue weighted by Crippen LogP contribution is 2.22. The molecule has 0 radical (unpaired) electrons. The van der Waals surface area contributed by atoms with E-state index in [0.29, 0.717) is 5.56 Å². The van der Waals surface area contributed by atoms with Gasteiger partial charge in [-0.15, -0.1) is 0 Å². The van der Waals surface area contributed by atoms with Gasteiger partial charge in [0.2, 0.25) is 0 Å². The van der Waals surface area contributed by atoms with Gasteiger partial charge in [-0.2, -0.15) is 5.26 Å². The largest absolute Gasteiger partial charge is 0.480 e. The first-order valence-electron chi connectivity index (χ1n) is 3.39. The summed E-state index contributed by atoms with van der Waals surface area (Å²) in [6.45, 7) is 1.37. The lowest BCUT2D eigenvalue weighted by Crippen LogP contribution is -2.29. The van der Waals surface area contributed by atoms with Crippen LogP contribution in [-0.4, -0.2) is 16.1 Å². The maximum atomic E-state index is 10.7. The zero-order chi connectivity index (χ0) is 9.19. The van der Waals surface area contributed by atoms with Crippen molar-refractivity contribution in [1.29, 1.82) is 5.26 Å². The second-order valence-electron chi connectivity index (χ2n) is 2.64. The number of H-pyrrole nitrogens is 1. The molecule has 1 aromatic heterocycles. The second kappa shape index (κ2) is 2.70. The Kier molecular flexibility index (Phi) is 1.88. The molecule has 0 bridgehead atoms. The van der Waals surface area contributed by atoms with Gasteiger partial charge in [0.1, 0.15) is 0 Å². The predicted octanol–water partition coefficient (Wildman–Crippen LogP) is 0.881. The maximum Gasteiger partial charge on any atom is 0.328 e. The summed E-state index contributed by atoms with van der Waals surface area (Å²) < 4.78 is 0. The summed E-state index contributed by atoms with van der Waals surface area (Å²) in [6, 6.07) is 3.34. The minimum absolute atomic E-state index is 0.470. The number of nitriles is 1. The minimum atomic E-state index is -1.44. The Hall–Kier alpha value is -1.76. The fourth-order valence-corrected chi connectivity index (χ4v) is 0.871. The van der Waals surface area contributed by atoms with Crippen molar-refractivity contribution in [2.45, 2.75) is 12.3 Å². The number of rotatable bonds is 2. The van der Waals surface area contributed by atoms with Gasteiger partial charge in [-0.1, -0.05) is 0 Å². The van der Waals surface area contributed by atoms with Crippen LogP contribution in [0.3, 0.4) is 0 Å². The fourth-order valence-electron chi connectivity index (χ4n) is 0.871. The van der Waals surface area contributed by atoms with Gasteiger partial charge < -0.3 is 10.1 Å². The molecular weight excluding hydrogens is 156 g/mol. The Bertz CT molecular complexity index is 323. The Morgan fingerprint density at radius 2 is 2.50 bits per heavy atom. The summed E-state index contributed by atoms with van der Waals surface area (Å²) in [5, 5.41) is 17.5. The van der Waals surface area contributed by atoms with Crippen molar-refractivity contribution in [3.8, 4) is 6.07 Å². The molecule has 0 aliphatic rings. The zero-order valence-corrected chi connectivity index (χ0v) is 6.53. The van der Waals surface area contributed by atoms with E-state index in [-0.39, 0.29) is 0 Å². The van der Waals surface area contributed by atoms with Crippen LogP contribution >= 0.6 is 0 Å². The summed E-state index contributed by atoms with van der Waals surface area (Å²) in [5.41, 5.74) is -0.975. The number of aliphatic carboxylic acids is 1. The van der Waals surface area contributed by atoms with Crippen molar-refractivity contribution in [2.75, 3.05) is 0 Å². The van der Waals surface area contributed by atoms with Gasteiger partial charge >= 0.3 is 5.97 Å². The number of aromatic amines is 1. The second-order valence-corrected chi connectivity index (χ2v) is 2.64. The predicted molar refractivity (Wildman–Crippen MR) is 41.4 cm³/mol. The van der Waals surface area contributed by atoms with E-state index >= 15 is 0 Å². The maximum absolute atomic E-state index is 10.7. The Morgan fingerprint density at radius 3 is 2.83 bits per heavy atom. The van der Waals surface area contributed by atoms with E-state index in [1.165, 1.54) is 13.1 Å². The summed E-state index contributed by atoms with van der Waals surface area (Å²) in [7, 11) is 0. The molecule has 1 rings (SSSR count). The van der Waals surface area contributed by atoms with Crippen LogP contribution < -0.4 is 0 Å². The molecule has 62 valence electrons. The molecule has 12 heavy (non-hydrogen) atoms. The number of nitrogens with zero attached hydrogens (tertiary/aromatic N) is 1. The number of carboxylic acid groups (broad SMARTS) is 1. The lowest BCUT2D eigenvalue weighted by atomic mass is 9.86. The number of hydrogen-bond acceptors (Lipinski definition) is 2. The van der Waals surface area contributed by atoms with Crippen molar-refractivity contribution in [1.82, 2.24) is 4.98 Å². The molecule has 0 spiro atoms. The number of nitrogens with one attached hydrogen (secondary N) is 1. The topological polar surface area (TPSA) is 76.9 Å². The molecule has 0 fully saturated rings. The Labute approximate surface area is 69.4 Å². The molecule has 1 atom stereocenters. The highest BCUT2D eigenvalue weighted by Gasteiger charge is 2.35. The van der Waals surface area contributed by atoms with Crippen LogP contribution in [0.15, 0.2) is 18.5 Å². The van der Waals surface area contributed by atoms with Gasteiger partial charge in [0.25, 0.3) is 0 Å². The SMILES string of the molecule is CC(C#N)(C(=O)O)c1cc[nH]c1. The molecule has 4 nitrogen and oxygen atoms in total. The fraction of sp³-hybridized carbons (Fsp3) is 0.250. The molecule has 0 aromatic carbocycles. The number of carboxylic acids is 1. The minimum Gasteiger partial charge on any atom is -0.480 e. The number of carbonyl (C=O) groups is 1. The summed E-state index contributed by atoms with van der Waals surface area (Å²) >= 11 is 0. The number of aromatic nitrogens is 1. The van der Waals surface area contributed by atoms with Crippen molar-refractivity contribution in [3.63, 3.8) is 0 Å². The van der Waals surface area contributed by atoms with E-state index in [9.17, 15) is 4.79 Å². The highest BCUT2D eigenvalue weighted by molar-refractivity contribution is 5.84. The van der Waals surface area contributed by atoms with Crippen LogP contribution in [-0.2, 0) is 10.2 Å². The lowest BCUT2D eigenvalue weighted by molar-refractivity contribution is -0.140. The monoisotopic (exact) mass is 164 g/mol. The molecule has 0 amide bonds. The molecule has 1 aromatic rings. The average Bonchev–Trinajstić information content (AvgIpc) is 2.54. The third-order valence-electron chi connectivity index (χ3n) is 1.83.